The SMILES string of the molecule is CC(CCC(=O)NC=O)N(C)C(=O)c1cccc(Br)c1C=O. The Hall–Kier alpha value is -2.02. The number of carbonyl (C=O) groups excluding carboxylic acids is 4. The van der Waals surface area contributed by atoms with Gasteiger partial charge in [0, 0.05) is 29.5 Å². The Labute approximate surface area is 137 Å². The van der Waals surface area contributed by atoms with Crippen LogP contribution in [-0.2, 0) is 9.59 Å². The van der Waals surface area contributed by atoms with Crippen molar-refractivity contribution < 1.29 is 19.2 Å². The number of imide groups is 1. The number of halogens is 1. The summed E-state index contributed by atoms with van der Waals surface area (Å²) >= 11 is 3.24. The molecule has 0 spiro atoms. The highest BCUT2D eigenvalue weighted by atomic mass is 79.9. The highest BCUT2D eigenvalue weighted by molar-refractivity contribution is 9.10. The maximum atomic E-state index is 12.5. The van der Waals surface area contributed by atoms with E-state index in [2.05, 4.69) is 21.2 Å². The first-order valence-electron chi connectivity index (χ1n) is 6.66. The number of amides is 3. The number of nitrogens with zero attached hydrogens (tertiary/aromatic N) is 1. The van der Waals surface area contributed by atoms with Crippen LogP contribution in [0.15, 0.2) is 22.7 Å². The number of nitrogens with one attached hydrogen (secondary N) is 1. The van der Waals surface area contributed by atoms with Gasteiger partial charge in [-0.3, -0.25) is 24.5 Å². The average molecular weight is 369 g/mol. The average Bonchev–Trinajstić information content (AvgIpc) is 2.51. The highest BCUT2D eigenvalue weighted by Gasteiger charge is 2.21. The molecule has 0 aliphatic heterocycles. The maximum absolute atomic E-state index is 12.5. The van der Waals surface area contributed by atoms with Crippen LogP contribution in [-0.4, -0.2) is 42.5 Å². The molecule has 1 aromatic carbocycles. The molecule has 0 bridgehead atoms. The first-order valence-corrected chi connectivity index (χ1v) is 7.45. The summed E-state index contributed by atoms with van der Waals surface area (Å²) in [5.41, 5.74) is 0.598. The van der Waals surface area contributed by atoms with E-state index in [1.165, 1.54) is 4.90 Å². The lowest BCUT2D eigenvalue weighted by molar-refractivity contribution is -0.125. The van der Waals surface area contributed by atoms with E-state index >= 15 is 0 Å². The summed E-state index contributed by atoms with van der Waals surface area (Å²) in [5.74, 6) is -0.689. The van der Waals surface area contributed by atoms with Crippen molar-refractivity contribution in [2.45, 2.75) is 25.8 Å². The van der Waals surface area contributed by atoms with Crippen LogP contribution >= 0.6 is 15.9 Å². The third-order valence-corrected chi connectivity index (χ3v) is 4.08. The van der Waals surface area contributed by atoms with Gasteiger partial charge in [0.1, 0.15) is 0 Å². The van der Waals surface area contributed by atoms with Gasteiger partial charge in [0.25, 0.3) is 5.91 Å². The summed E-state index contributed by atoms with van der Waals surface area (Å²) in [7, 11) is 1.61. The Morgan fingerprint density at radius 2 is 2.05 bits per heavy atom. The van der Waals surface area contributed by atoms with E-state index in [1.807, 2.05) is 0 Å². The number of hydrogen-bond acceptors (Lipinski definition) is 4. The van der Waals surface area contributed by atoms with E-state index in [9.17, 15) is 19.2 Å². The smallest absolute Gasteiger partial charge is 0.254 e. The standard InChI is InChI=1S/C15H17BrN2O4/c1-10(6-7-14(21)17-9-20)18(2)15(22)11-4-3-5-13(16)12(11)8-19/h3-5,8-10H,6-7H2,1-2H3,(H,17,20,21). The molecular weight excluding hydrogens is 352 g/mol. The monoisotopic (exact) mass is 368 g/mol. The van der Waals surface area contributed by atoms with Crippen molar-refractivity contribution in [2.24, 2.45) is 0 Å². The first kappa shape index (κ1) is 18.0. The Morgan fingerprint density at radius 3 is 2.64 bits per heavy atom. The van der Waals surface area contributed by atoms with Gasteiger partial charge in [0.05, 0.1) is 5.56 Å². The van der Waals surface area contributed by atoms with Gasteiger partial charge < -0.3 is 4.90 Å². The predicted molar refractivity (Wildman–Crippen MR) is 84.5 cm³/mol. The van der Waals surface area contributed by atoms with Gasteiger partial charge in [0.15, 0.2) is 6.29 Å². The van der Waals surface area contributed by atoms with Crippen LogP contribution in [0, 0.1) is 0 Å². The van der Waals surface area contributed by atoms with Crippen molar-refractivity contribution in [3.05, 3.63) is 33.8 Å². The number of rotatable bonds is 7. The number of carbonyl (C=O) groups is 4. The zero-order valence-electron chi connectivity index (χ0n) is 12.3. The summed E-state index contributed by atoms with van der Waals surface area (Å²) in [4.78, 5) is 46.5. The van der Waals surface area contributed by atoms with E-state index in [1.54, 1.807) is 32.2 Å². The minimum Gasteiger partial charge on any atom is -0.339 e. The largest absolute Gasteiger partial charge is 0.339 e. The van der Waals surface area contributed by atoms with Crippen LogP contribution in [0.1, 0.15) is 40.5 Å². The second kappa shape index (κ2) is 8.43. The van der Waals surface area contributed by atoms with Crippen molar-refractivity contribution in [1.29, 1.82) is 0 Å². The van der Waals surface area contributed by atoms with Crippen LogP contribution in [0.4, 0.5) is 0 Å². The predicted octanol–water partition coefficient (Wildman–Crippen LogP) is 1.77. The molecule has 6 nitrogen and oxygen atoms in total. The minimum absolute atomic E-state index is 0.135. The molecule has 118 valence electrons. The van der Waals surface area contributed by atoms with Crippen LogP contribution in [0.5, 0.6) is 0 Å². The summed E-state index contributed by atoms with van der Waals surface area (Å²) in [6.45, 7) is 1.80. The summed E-state index contributed by atoms with van der Waals surface area (Å²) < 4.78 is 0.555. The Morgan fingerprint density at radius 1 is 1.36 bits per heavy atom. The van der Waals surface area contributed by atoms with Gasteiger partial charge in [-0.1, -0.05) is 22.0 Å². The fraction of sp³-hybridized carbons (Fsp3) is 0.333. The molecule has 0 saturated carbocycles. The van der Waals surface area contributed by atoms with E-state index in [-0.39, 0.29) is 18.4 Å². The molecule has 1 rings (SSSR count). The molecule has 1 N–H and O–H groups in total. The van der Waals surface area contributed by atoms with Gasteiger partial charge in [-0.15, -0.1) is 0 Å². The molecule has 0 aliphatic rings. The number of benzene rings is 1. The third kappa shape index (κ3) is 4.49. The Kier molecular flexibility index (Phi) is 6.91. The number of aldehydes is 1. The molecule has 0 radical (unpaired) electrons. The molecule has 1 unspecified atom stereocenters. The summed E-state index contributed by atoms with van der Waals surface area (Å²) in [5, 5.41) is 2.05. The molecule has 1 aromatic rings. The molecule has 3 amide bonds. The molecule has 1 atom stereocenters. The molecule has 7 heteroatoms. The van der Waals surface area contributed by atoms with Gasteiger partial charge in [-0.2, -0.15) is 0 Å². The molecule has 22 heavy (non-hydrogen) atoms. The quantitative estimate of drug-likeness (QED) is 0.743. The van der Waals surface area contributed by atoms with Gasteiger partial charge in [-0.05, 0) is 25.5 Å². The first-order chi connectivity index (χ1) is 10.4. The molecule has 0 saturated heterocycles. The van der Waals surface area contributed by atoms with E-state index < -0.39 is 5.91 Å². The van der Waals surface area contributed by atoms with Crippen molar-refractivity contribution in [3.63, 3.8) is 0 Å². The number of hydrogen-bond donors (Lipinski definition) is 1. The molecule has 0 aromatic heterocycles. The minimum atomic E-state index is -0.390. The second-order valence-corrected chi connectivity index (χ2v) is 5.66. The normalized spacial score (nSPS) is 11.4. The lowest BCUT2D eigenvalue weighted by Gasteiger charge is -2.25. The van der Waals surface area contributed by atoms with Crippen molar-refractivity contribution in [2.75, 3.05) is 7.05 Å². The highest BCUT2D eigenvalue weighted by Crippen LogP contribution is 2.21. The lowest BCUT2D eigenvalue weighted by Crippen LogP contribution is -2.36. The van der Waals surface area contributed by atoms with E-state index in [0.29, 0.717) is 34.7 Å². The molecule has 0 aliphatic carbocycles. The fourth-order valence-corrected chi connectivity index (χ4v) is 2.36. The van der Waals surface area contributed by atoms with Crippen molar-refractivity contribution in [1.82, 2.24) is 10.2 Å². The van der Waals surface area contributed by atoms with Gasteiger partial charge in [-0.25, -0.2) is 0 Å². The summed E-state index contributed by atoms with van der Waals surface area (Å²) in [6.07, 6.45) is 1.51. The Balaban J connectivity index is 2.80. The molecular formula is C15H17BrN2O4. The van der Waals surface area contributed by atoms with Crippen LogP contribution in [0.25, 0.3) is 0 Å². The van der Waals surface area contributed by atoms with Crippen molar-refractivity contribution >= 4 is 40.4 Å². The van der Waals surface area contributed by atoms with Gasteiger partial charge >= 0.3 is 0 Å². The maximum Gasteiger partial charge on any atom is 0.254 e. The van der Waals surface area contributed by atoms with Crippen molar-refractivity contribution in [3.8, 4) is 0 Å². The Bertz CT molecular complexity index is 589. The second-order valence-electron chi connectivity index (χ2n) is 4.81. The van der Waals surface area contributed by atoms with Crippen LogP contribution < -0.4 is 5.32 Å². The van der Waals surface area contributed by atoms with Gasteiger partial charge in [0.2, 0.25) is 12.3 Å². The van der Waals surface area contributed by atoms with Crippen LogP contribution in [0.3, 0.4) is 0 Å². The lowest BCUT2D eigenvalue weighted by atomic mass is 10.1. The zero-order valence-corrected chi connectivity index (χ0v) is 13.9. The van der Waals surface area contributed by atoms with Crippen LogP contribution in [0.2, 0.25) is 0 Å². The summed E-state index contributed by atoms with van der Waals surface area (Å²) in [6, 6.07) is 4.73. The molecule has 0 fully saturated rings. The fourth-order valence-electron chi connectivity index (χ4n) is 1.90. The van der Waals surface area contributed by atoms with E-state index in [4.69, 9.17) is 0 Å². The van der Waals surface area contributed by atoms with E-state index in [0.717, 1.165) is 0 Å². The topological polar surface area (TPSA) is 83.6 Å². The zero-order chi connectivity index (χ0) is 16.7. The molecule has 0 heterocycles. The third-order valence-electron chi connectivity index (χ3n) is 3.39.